The molecule has 0 atom stereocenters. The van der Waals surface area contributed by atoms with E-state index >= 15 is 0 Å². The third kappa shape index (κ3) is 4.41. The van der Waals surface area contributed by atoms with Gasteiger partial charge in [-0.15, -0.1) is 0 Å². The second-order valence-corrected chi connectivity index (χ2v) is 6.73. The van der Waals surface area contributed by atoms with Crippen LogP contribution in [0.25, 0.3) is 11.1 Å². The number of para-hydroxylation sites is 2. The van der Waals surface area contributed by atoms with Crippen molar-refractivity contribution in [2.24, 2.45) is 0 Å². The molecule has 7 heteroatoms. The Labute approximate surface area is 169 Å². The van der Waals surface area contributed by atoms with E-state index in [0.29, 0.717) is 37.9 Å². The van der Waals surface area contributed by atoms with Crippen LogP contribution in [0.5, 0.6) is 11.5 Å². The number of imidazole rings is 1. The molecule has 0 aliphatic heterocycles. The van der Waals surface area contributed by atoms with Gasteiger partial charge < -0.3 is 23.8 Å². The Morgan fingerprint density at radius 2 is 2.03 bits per heavy atom. The zero-order valence-corrected chi connectivity index (χ0v) is 16.6. The van der Waals surface area contributed by atoms with Crippen molar-refractivity contribution in [1.29, 1.82) is 0 Å². The Hall–Kier alpha value is -3.32. The second kappa shape index (κ2) is 8.79. The molecule has 4 aromatic rings. The van der Waals surface area contributed by atoms with Crippen LogP contribution in [0, 0.1) is 6.92 Å². The lowest BCUT2D eigenvalue weighted by molar-refractivity contribution is 0.276. The quantitative estimate of drug-likeness (QED) is 0.468. The first kappa shape index (κ1) is 19.0. The molecule has 0 aliphatic rings. The van der Waals surface area contributed by atoms with Crippen LogP contribution in [0.15, 0.2) is 59.5 Å². The van der Waals surface area contributed by atoms with Gasteiger partial charge in [-0.1, -0.05) is 24.3 Å². The molecule has 0 bridgehead atoms. The Morgan fingerprint density at radius 3 is 2.83 bits per heavy atom. The molecule has 0 amide bonds. The first-order valence-electron chi connectivity index (χ1n) is 9.55. The lowest BCUT2D eigenvalue weighted by atomic mass is 10.2. The van der Waals surface area contributed by atoms with Crippen molar-refractivity contribution in [3.05, 3.63) is 72.1 Å². The fraction of sp³-hybridized carbons (Fsp3) is 0.273. The number of methoxy groups -OCH3 is 1. The van der Waals surface area contributed by atoms with Crippen LogP contribution in [-0.4, -0.2) is 28.3 Å². The molecule has 0 spiro atoms. The third-order valence-corrected chi connectivity index (χ3v) is 4.69. The summed E-state index contributed by atoms with van der Waals surface area (Å²) >= 11 is 0. The minimum Gasteiger partial charge on any atom is -0.493 e. The highest BCUT2D eigenvalue weighted by Crippen LogP contribution is 2.31. The van der Waals surface area contributed by atoms with E-state index in [0.717, 1.165) is 28.0 Å². The Kier molecular flexibility index (Phi) is 5.76. The zero-order chi connectivity index (χ0) is 20.1. The zero-order valence-electron chi connectivity index (χ0n) is 16.6. The monoisotopic (exact) mass is 392 g/mol. The van der Waals surface area contributed by atoms with Crippen LogP contribution in [0.1, 0.15) is 17.0 Å². The minimum absolute atomic E-state index is 0.522. The van der Waals surface area contributed by atoms with Crippen LogP contribution in [0.3, 0.4) is 0 Å². The predicted molar refractivity (Wildman–Crippen MR) is 110 cm³/mol. The van der Waals surface area contributed by atoms with Gasteiger partial charge in [0, 0.05) is 24.5 Å². The molecule has 0 saturated carbocycles. The molecule has 2 aromatic heterocycles. The van der Waals surface area contributed by atoms with Crippen LogP contribution in [0.2, 0.25) is 0 Å². The fourth-order valence-electron chi connectivity index (χ4n) is 3.21. The molecule has 4 rings (SSSR count). The molecule has 0 radical (unpaired) electrons. The van der Waals surface area contributed by atoms with E-state index in [4.69, 9.17) is 13.9 Å². The fourth-order valence-corrected chi connectivity index (χ4v) is 3.21. The molecule has 29 heavy (non-hydrogen) atoms. The van der Waals surface area contributed by atoms with Gasteiger partial charge >= 0.3 is 0 Å². The number of nitrogens with zero attached hydrogens (tertiary/aromatic N) is 3. The van der Waals surface area contributed by atoms with Crippen molar-refractivity contribution in [2.75, 3.05) is 13.7 Å². The number of aromatic nitrogens is 3. The van der Waals surface area contributed by atoms with E-state index in [9.17, 15) is 0 Å². The summed E-state index contributed by atoms with van der Waals surface area (Å²) in [7, 11) is 1.65. The van der Waals surface area contributed by atoms with Gasteiger partial charge in [-0.2, -0.15) is 0 Å². The largest absolute Gasteiger partial charge is 0.493 e. The lowest BCUT2D eigenvalue weighted by Gasteiger charge is -2.15. The summed E-state index contributed by atoms with van der Waals surface area (Å²) in [5.74, 6) is 2.13. The van der Waals surface area contributed by atoms with Crippen LogP contribution in [0.4, 0.5) is 0 Å². The van der Waals surface area contributed by atoms with Gasteiger partial charge in [0.25, 0.3) is 0 Å². The van der Waals surface area contributed by atoms with Gasteiger partial charge in [0.15, 0.2) is 17.1 Å². The summed E-state index contributed by atoms with van der Waals surface area (Å²) in [5, 5.41) is 3.39. The number of hydrogen-bond donors (Lipinski definition) is 1. The summed E-state index contributed by atoms with van der Waals surface area (Å²) in [6.45, 7) is 4.40. The van der Waals surface area contributed by atoms with Crippen molar-refractivity contribution >= 4 is 11.1 Å². The molecule has 1 N–H and O–H groups in total. The molecule has 0 aliphatic carbocycles. The highest BCUT2D eigenvalue weighted by atomic mass is 16.5. The minimum atomic E-state index is 0.522. The molecule has 7 nitrogen and oxygen atoms in total. The Bertz CT molecular complexity index is 1070. The number of aryl methyl sites for hydroxylation is 1. The summed E-state index contributed by atoms with van der Waals surface area (Å²) in [6.07, 6.45) is 5.44. The van der Waals surface area contributed by atoms with Crippen molar-refractivity contribution in [3.63, 3.8) is 0 Å². The molecule has 2 heterocycles. The molecule has 2 aromatic carbocycles. The smallest absolute Gasteiger partial charge is 0.209 e. The van der Waals surface area contributed by atoms with Crippen molar-refractivity contribution < 1.29 is 13.9 Å². The van der Waals surface area contributed by atoms with Gasteiger partial charge in [-0.25, -0.2) is 9.97 Å². The molecular formula is C22H24N4O3. The Morgan fingerprint density at radius 1 is 1.14 bits per heavy atom. The van der Waals surface area contributed by atoms with E-state index < -0.39 is 0 Å². The SMILES string of the molecule is COc1cccc(CNCc2nc3c(C)cccc3o2)c1OCCn1ccnc1. The maximum atomic E-state index is 6.05. The summed E-state index contributed by atoms with van der Waals surface area (Å²) in [5.41, 5.74) is 3.85. The highest BCUT2D eigenvalue weighted by molar-refractivity contribution is 5.76. The van der Waals surface area contributed by atoms with E-state index in [-0.39, 0.29) is 0 Å². The summed E-state index contributed by atoms with van der Waals surface area (Å²) < 4.78 is 19.3. The van der Waals surface area contributed by atoms with Gasteiger partial charge in [-0.05, 0) is 24.6 Å². The number of fused-ring (bicyclic) bond motifs is 1. The van der Waals surface area contributed by atoms with Crippen LogP contribution >= 0.6 is 0 Å². The van der Waals surface area contributed by atoms with E-state index in [1.54, 1.807) is 19.6 Å². The Balaban J connectivity index is 1.41. The first-order valence-corrected chi connectivity index (χ1v) is 9.55. The van der Waals surface area contributed by atoms with Crippen LogP contribution in [-0.2, 0) is 19.6 Å². The summed E-state index contributed by atoms with van der Waals surface area (Å²) in [6, 6.07) is 11.8. The maximum absolute atomic E-state index is 6.05. The number of hydrogen-bond acceptors (Lipinski definition) is 6. The average molecular weight is 392 g/mol. The van der Waals surface area contributed by atoms with E-state index in [2.05, 4.69) is 15.3 Å². The third-order valence-electron chi connectivity index (χ3n) is 4.69. The number of nitrogens with one attached hydrogen (secondary N) is 1. The average Bonchev–Trinajstić information content (AvgIpc) is 3.39. The van der Waals surface area contributed by atoms with Crippen molar-refractivity contribution in [2.45, 2.75) is 26.6 Å². The topological polar surface area (TPSA) is 74.3 Å². The van der Waals surface area contributed by atoms with Gasteiger partial charge in [0.1, 0.15) is 12.1 Å². The second-order valence-electron chi connectivity index (χ2n) is 6.73. The first-order chi connectivity index (χ1) is 14.2. The molecule has 0 fully saturated rings. The molecule has 150 valence electrons. The number of rotatable bonds is 9. The van der Waals surface area contributed by atoms with E-state index in [1.165, 1.54) is 0 Å². The lowest BCUT2D eigenvalue weighted by Crippen LogP contribution is -2.15. The van der Waals surface area contributed by atoms with Gasteiger partial charge in [0.2, 0.25) is 5.89 Å². The van der Waals surface area contributed by atoms with Gasteiger partial charge in [-0.3, -0.25) is 0 Å². The number of benzene rings is 2. The summed E-state index contributed by atoms with van der Waals surface area (Å²) in [4.78, 5) is 8.63. The van der Waals surface area contributed by atoms with E-state index in [1.807, 2.05) is 54.1 Å². The number of oxazole rings is 1. The van der Waals surface area contributed by atoms with Crippen molar-refractivity contribution in [3.8, 4) is 11.5 Å². The standard InChI is InChI=1S/C22H24N4O3/c1-16-5-3-7-18-21(16)25-20(29-18)14-24-13-17-6-4-8-19(27-2)22(17)28-12-11-26-10-9-23-15-26/h3-10,15,24H,11-14H2,1-2H3. The predicted octanol–water partition coefficient (Wildman–Crippen LogP) is 3.71. The normalized spacial score (nSPS) is 11.1. The highest BCUT2D eigenvalue weighted by Gasteiger charge is 2.12. The van der Waals surface area contributed by atoms with Crippen LogP contribution < -0.4 is 14.8 Å². The van der Waals surface area contributed by atoms with Crippen molar-refractivity contribution in [1.82, 2.24) is 19.9 Å². The molecular weight excluding hydrogens is 368 g/mol. The molecule has 0 saturated heterocycles. The van der Waals surface area contributed by atoms with Gasteiger partial charge in [0.05, 0.1) is 26.5 Å². The number of ether oxygens (including phenoxy) is 2. The molecule has 0 unspecified atom stereocenters. The maximum Gasteiger partial charge on any atom is 0.209 e.